The zero-order chi connectivity index (χ0) is 16.8. The standard InChI is InChI=1S/C12H22F3N3O3/c1-5-18(8-6-7-17(3)4)10(21)16-11(2,9(19)20)12(13,14)15/h5-8H2,1-4H3,(H,16,21)(H,19,20). The maximum Gasteiger partial charge on any atom is 0.422 e. The van der Waals surface area contributed by atoms with Gasteiger partial charge >= 0.3 is 18.2 Å². The Labute approximate surface area is 121 Å². The Morgan fingerprint density at radius 1 is 1.19 bits per heavy atom. The van der Waals surface area contributed by atoms with E-state index in [4.69, 9.17) is 5.11 Å². The van der Waals surface area contributed by atoms with E-state index in [1.165, 1.54) is 0 Å². The number of nitrogens with one attached hydrogen (secondary N) is 1. The second-order valence-electron chi connectivity index (χ2n) is 5.09. The number of hydrogen-bond donors (Lipinski definition) is 2. The number of nitrogens with zero attached hydrogens (tertiary/aromatic N) is 2. The quantitative estimate of drug-likeness (QED) is 0.745. The first kappa shape index (κ1) is 19.5. The van der Waals surface area contributed by atoms with E-state index < -0.39 is 23.7 Å². The van der Waals surface area contributed by atoms with E-state index in [1.807, 2.05) is 19.0 Å². The third-order valence-electron chi connectivity index (χ3n) is 3.05. The normalized spacial score (nSPS) is 14.7. The Bertz CT molecular complexity index is 374. The van der Waals surface area contributed by atoms with E-state index in [0.717, 1.165) is 4.90 Å². The van der Waals surface area contributed by atoms with Gasteiger partial charge in [0, 0.05) is 13.1 Å². The molecule has 0 spiro atoms. The molecule has 0 aromatic carbocycles. The minimum atomic E-state index is -5.09. The zero-order valence-electron chi connectivity index (χ0n) is 12.6. The van der Waals surface area contributed by atoms with Crippen LogP contribution in [0.4, 0.5) is 18.0 Å². The first-order valence-electron chi connectivity index (χ1n) is 6.47. The van der Waals surface area contributed by atoms with Gasteiger partial charge in [0.1, 0.15) is 0 Å². The van der Waals surface area contributed by atoms with E-state index in [-0.39, 0.29) is 13.1 Å². The number of aliphatic carboxylic acids is 1. The van der Waals surface area contributed by atoms with Gasteiger partial charge < -0.3 is 20.2 Å². The Morgan fingerprint density at radius 2 is 1.71 bits per heavy atom. The number of carbonyl (C=O) groups is 2. The molecule has 0 aromatic heterocycles. The molecule has 124 valence electrons. The van der Waals surface area contributed by atoms with Gasteiger partial charge in [0.15, 0.2) is 0 Å². The van der Waals surface area contributed by atoms with E-state index in [9.17, 15) is 22.8 Å². The Morgan fingerprint density at radius 3 is 2.05 bits per heavy atom. The van der Waals surface area contributed by atoms with Crippen LogP contribution in [0.15, 0.2) is 0 Å². The predicted molar refractivity (Wildman–Crippen MR) is 71.0 cm³/mol. The van der Waals surface area contributed by atoms with Crippen LogP contribution in [-0.2, 0) is 4.79 Å². The number of amides is 2. The highest BCUT2D eigenvalue weighted by molar-refractivity contribution is 5.86. The molecule has 0 rings (SSSR count). The summed E-state index contributed by atoms with van der Waals surface area (Å²) in [5, 5.41) is 10.3. The lowest BCUT2D eigenvalue weighted by Crippen LogP contribution is -2.64. The second-order valence-corrected chi connectivity index (χ2v) is 5.09. The number of urea groups is 1. The van der Waals surface area contributed by atoms with Crippen LogP contribution in [0.1, 0.15) is 20.3 Å². The summed E-state index contributed by atoms with van der Waals surface area (Å²) in [5.41, 5.74) is -3.31. The van der Waals surface area contributed by atoms with E-state index >= 15 is 0 Å². The second kappa shape index (κ2) is 7.48. The molecule has 9 heteroatoms. The van der Waals surface area contributed by atoms with Crippen LogP contribution in [0, 0.1) is 0 Å². The third kappa shape index (κ3) is 5.41. The third-order valence-corrected chi connectivity index (χ3v) is 3.05. The molecule has 1 atom stereocenters. The van der Waals surface area contributed by atoms with Crippen molar-refractivity contribution in [3.63, 3.8) is 0 Å². The van der Waals surface area contributed by atoms with Crippen molar-refractivity contribution in [1.82, 2.24) is 15.1 Å². The van der Waals surface area contributed by atoms with Crippen LogP contribution < -0.4 is 5.32 Å². The largest absolute Gasteiger partial charge is 0.479 e. The fraction of sp³-hybridized carbons (Fsp3) is 0.833. The molecule has 2 amide bonds. The lowest BCUT2D eigenvalue weighted by molar-refractivity contribution is -0.203. The Hall–Kier alpha value is -1.51. The summed E-state index contributed by atoms with van der Waals surface area (Å²) in [4.78, 5) is 25.7. The molecule has 0 fully saturated rings. The van der Waals surface area contributed by atoms with Crippen molar-refractivity contribution in [1.29, 1.82) is 0 Å². The lowest BCUT2D eigenvalue weighted by Gasteiger charge is -2.31. The molecule has 0 aromatic rings. The summed E-state index contributed by atoms with van der Waals surface area (Å²) in [5.74, 6) is -2.15. The summed E-state index contributed by atoms with van der Waals surface area (Å²) in [7, 11) is 3.67. The van der Waals surface area contributed by atoms with Gasteiger partial charge in [0.25, 0.3) is 0 Å². The van der Waals surface area contributed by atoms with Gasteiger partial charge in [-0.05, 0) is 40.9 Å². The van der Waals surface area contributed by atoms with Crippen molar-refractivity contribution in [2.45, 2.75) is 32.0 Å². The smallest absolute Gasteiger partial charge is 0.422 e. The maximum absolute atomic E-state index is 12.8. The monoisotopic (exact) mass is 313 g/mol. The number of carboxylic acid groups (broad SMARTS) is 1. The minimum Gasteiger partial charge on any atom is -0.479 e. The molecule has 0 bridgehead atoms. The molecule has 6 nitrogen and oxygen atoms in total. The first-order valence-corrected chi connectivity index (χ1v) is 6.47. The topological polar surface area (TPSA) is 72.9 Å². The summed E-state index contributed by atoms with van der Waals surface area (Å²) in [6, 6.07) is -1.04. The average molecular weight is 313 g/mol. The van der Waals surface area contributed by atoms with Crippen LogP contribution in [0.2, 0.25) is 0 Å². The van der Waals surface area contributed by atoms with Gasteiger partial charge in [0.2, 0.25) is 5.54 Å². The molecular formula is C12H22F3N3O3. The number of carboxylic acids is 1. The van der Waals surface area contributed by atoms with Gasteiger partial charge in [-0.1, -0.05) is 0 Å². The highest BCUT2D eigenvalue weighted by atomic mass is 19.4. The fourth-order valence-corrected chi connectivity index (χ4v) is 1.52. The van der Waals surface area contributed by atoms with Crippen LogP contribution in [0.5, 0.6) is 0 Å². The molecule has 0 radical (unpaired) electrons. The van der Waals surface area contributed by atoms with Gasteiger partial charge in [0.05, 0.1) is 0 Å². The van der Waals surface area contributed by atoms with Crippen LogP contribution in [0.3, 0.4) is 0 Å². The van der Waals surface area contributed by atoms with E-state index in [2.05, 4.69) is 0 Å². The number of halogens is 3. The average Bonchev–Trinajstić information content (AvgIpc) is 2.32. The molecule has 0 aliphatic heterocycles. The van der Waals surface area contributed by atoms with Gasteiger partial charge in [-0.15, -0.1) is 0 Å². The van der Waals surface area contributed by atoms with Crippen molar-refractivity contribution < 1.29 is 27.9 Å². The van der Waals surface area contributed by atoms with E-state index in [0.29, 0.717) is 19.9 Å². The number of rotatable bonds is 7. The molecule has 21 heavy (non-hydrogen) atoms. The lowest BCUT2D eigenvalue weighted by atomic mass is 10.0. The molecule has 0 aliphatic rings. The van der Waals surface area contributed by atoms with Crippen molar-refractivity contribution in [3.05, 3.63) is 0 Å². The van der Waals surface area contributed by atoms with Gasteiger partial charge in [-0.2, -0.15) is 13.2 Å². The maximum atomic E-state index is 12.8. The first-order chi connectivity index (χ1) is 9.45. The van der Waals surface area contributed by atoms with E-state index in [1.54, 1.807) is 12.2 Å². The van der Waals surface area contributed by atoms with Gasteiger partial charge in [-0.25, -0.2) is 9.59 Å². The highest BCUT2D eigenvalue weighted by Gasteiger charge is 2.58. The van der Waals surface area contributed by atoms with Gasteiger partial charge in [-0.3, -0.25) is 0 Å². The molecule has 1 unspecified atom stereocenters. The minimum absolute atomic E-state index is 0.187. The van der Waals surface area contributed by atoms with Crippen molar-refractivity contribution in [2.75, 3.05) is 33.7 Å². The zero-order valence-corrected chi connectivity index (χ0v) is 12.6. The Balaban J connectivity index is 4.85. The summed E-state index contributed by atoms with van der Waals surface area (Å²) < 4.78 is 38.5. The summed E-state index contributed by atoms with van der Waals surface area (Å²) >= 11 is 0. The number of carbonyl (C=O) groups excluding carboxylic acids is 1. The molecular weight excluding hydrogens is 291 g/mol. The van der Waals surface area contributed by atoms with Crippen LogP contribution in [-0.4, -0.2) is 72.4 Å². The Kier molecular flexibility index (Phi) is 6.95. The molecule has 0 heterocycles. The SMILES string of the molecule is CCN(CCCN(C)C)C(=O)NC(C)(C(=O)O)C(F)(F)F. The van der Waals surface area contributed by atoms with Crippen molar-refractivity contribution >= 4 is 12.0 Å². The summed E-state index contributed by atoms with van der Waals surface area (Å²) in [6.45, 7) is 3.14. The predicted octanol–water partition coefficient (Wildman–Crippen LogP) is 1.38. The van der Waals surface area contributed by atoms with Crippen LogP contribution in [0.25, 0.3) is 0 Å². The molecule has 0 aliphatic carbocycles. The summed E-state index contributed by atoms with van der Waals surface area (Å²) in [6.07, 6.45) is -4.51. The molecule has 2 N–H and O–H groups in total. The van der Waals surface area contributed by atoms with Crippen molar-refractivity contribution in [2.24, 2.45) is 0 Å². The molecule has 0 saturated carbocycles. The van der Waals surface area contributed by atoms with Crippen molar-refractivity contribution in [3.8, 4) is 0 Å². The number of hydrogen-bond acceptors (Lipinski definition) is 3. The number of alkyl halides is 3. The molecule has 0 saturated heterocycles. The van der Waals surface area contributed by atoms with Crippen LogP contribution >= 0.6 is 0 Å². The fourth-order valence-electron chi connectivity index (χ4n) is 1.52. The highest BCUT2D eigenvalue weighted by Crippen LogP contribution is 2.30.